The molecule has 1 rings (SSSR count). The zero-order valence-corrected chi connectivity index (χ0v) is 11.8. The molecule has 1 saturated heterocycles. The normalized spacial score (nSPS) is 15.6. The molecule has 1 aliphatic rings. The van der Waals surface area contributed by atoms with E-state index in [0.29, 0.717) is 6.04 Å². The second-order valence-corrected chi connectivity index (χ2v) is 4.47. The van der Waals surface area contributed by atoms with Crippen molar-refractivity contribution in [1.29, 1.82) is 0 Å². The van der Waals surface area contributed by atoms with Crippen LogP contribution in [0.25, 0.3) is 0 Å². The average Bonchev–Trinajstić information content (AvgIpc) is 2.21. The zero-order chi connectivity index (χ0) is 12.3. The van der Waals surface area contributed by atoms with Crippen LogP contribution >= 0.6 is 0 Å². The van der Waals surface area contributed by atoms with Crippen molar-refractivity contribution in [2.75, 3.05) is 26.3 Å². The standard InChI is InChI=1S/C7H15NO.C4H10.C2H6.CH4/c1-7(2)8-3-5-9-6-4-8;1-4(2)3;1-2;/h7H,3-6H2,1-2H3;4H,1-3H3;1-2H3;1H4. The SMILES string of the molecule is C.CC.CC(C)C.CC(C)N1CCOCC1. The highest BCUT2D eigenvalue weighted by atomic mass is 16.5. The molecule has 0 N–H and O–H groups in total. The van der Waals surface area contributed by atoms with E-state index in [4.69, 9.17) is 4.74 Å². The van der Waals surface area contributed by atoms with Crippen molar-refractivity contribution in [1.82, 2.24) is 4.90 Å². The quantitative estimate of drug-likeness (QED) is 0.677. The third kappa shape index (κ3) is 16.4. The van der Waals surface area contributed by atoms with Crippen LogP contribution in [-0.2, 0) is 4.74 Å². The van der Waals surface area contributed by atoms with Crippen molar-refractivity contribution in [3.63, 3.8) is 0 Å². The maximum Gasteiger partial charge on any atom is 0.0594 e. The van der Waals surface area contributed by atoms with Gasteiger partial charge in [-0.15, -0.1) is 0 Å². The van der Waals surface area contributed by atoms with Gasteiger partial charge >= 0.3 is 0 Å². The molecule has 0 spiro atoms. The first-order valence-electron chi connectivity index (χ1n) is 6.35. The highest BCUT2D eigenvalue weighted by Crippen LogP contribution is 2.01. The van der Waals surface area contributed by atoms with Crippen molar-refractivity contribution in [2.45, 2.75) is 61.9 Å². The molecule has 102 valence electrons. The Labute approximate surface area is 104 Å². The van der Waals surface area contributed by atoms with Gasteiger partial charge in [-0.3, -0.25) is 4.90 Å². The Balaban J connectivity index is -0.000000209. The van der Waals surface area contributed by atoms with Crippen molar-refractivity contribution < 1.29 is 4.74 Å². The van der Waals surface area contributed by atoms with Crippen LogP contribution in [0.15, 0.2) is 0 Å². The molecule has 0 aliphatic carbocycles. The summed E-state index contributed by atoms with van der Waals surface area (Å²) in [5.41, 5.74) is 0. The van der Waals surface area contributed by atoms with Gasteiger partial charge in [0.25, 0.3) is 0 Å². The fourth-order valence-corrected chi connectivity index (χ4v) is 1.09. The van der Waals surface area contributed by atoms with E-state index in [0.717, 1.165) is 32.2 Å². The molecule has 1 fully saturated rings. The number of ether oxygens (including phenoxy) is 1. The maximum atomic E-state index is 5.21. The van der Waals surface area contributed by atoms with Crippen molar-refractivity contribution in [2.24, 2.45) is 5.92 Å². The van der Waals surface area contributed by atoms with Crippen LogP contribution in [0.2, 0.25) is 0 Å². The van der Waals surface area contributed by atoms with E-state index in [1.807, 2.05) is 13.8 Å². The van der Waals surface area contributed by atoms with E-state index in [2.05, 4.69) is 39.5 Å². The van der Waals surface area contributed by atoms with Crippen LogP contribution in [0.5, 0.6) is 0 Å². The van der Waals surface area contributed by atoms with Crippen LogP contribution in [-0.4, -0.2) is 37.2 Å². The first kappa shape index (κ1) is 21.2. The molecule has 0 aromatic heterocycles. The Kier molecular flexibility index (Phi) is 19.8. The number of rotatable bonds is 1. The summed E-state index contributed by atoms with van der Waals surface area (Å²) < 4.78 is 5.21. The Morgan fingerprint density at radius 1 is 0.875 bits per heavy atom. The lowest BCUT2D eigenvalue weighted by molar-refractivity contribution is 0.0238. The number of nitrogens with zero attached hydrogens (tertiary/aromatic N) is 1. The van der Waals surface area contributed by atoms with Crippen LogP contribution in [0.4, 0.5) is 0 Å². The number of hydrogen-bond acceptors (Lipinski definition) is 2. The summed E-state index contributed by atoms with van der Waals surface area (Å²) in [6.45, 7) is 19.0. The van der Waals surface area contributed by atoms with Gasteiger partial charge in [-0.25, -0.2) is 0 Å². The molecular weight excluding hydrogens is 198 g/mol. The monoisotopic (exact) mass is 233 g/mol. The van der Waals surface area contributed by atoms with Crippen molar-refractivity contribution in [3.05, 3.63) is 0 Å². The van der Waals surface area contributed by atoms with Crippen LogP contribution in [0.3, 0.4) is 0 Å². The van der Waals surface area contributed by atoms with E-state index in [1.165, 1.54) is 0 Å². The molecule has 0 amide bonds. The first-order chi connectivity index (χ1) is 7.04. The van der Waals surface area contributed by atoms with Crippen LogP contribution in [0.1, 0.15) is 55.9 Å². The lowest BCUT2D eigenvalue weighted by Crippen LogP contribution is -2.40. The van der Waals surface area contributed by atoms with Gasteiger partial charge in [0, 0.05) is 19.1 Å². The third-order valence-corrected chi connectivity index (χ3v) is 1.78. The summed E-state index contributed by atoms with van der Waals surface area (Å²) >= 11 is 0. The van der Waals surface area contributed by atoms with E-state index in [1.54, 1.807) is 0 Å². The summed E-state index contributed by atoms with van der Waals surface area (Å²) in [5, 5.41) is 0. The predicted molar refractivity (Wildman–Crippen MR) is 76.1 cm³/mol. The smallest absolute Gasteiger partial charge is 0.0594 e. The molecule has 0 saturated carbocycles. The van der Waals surface area contributed by atoms with Gasteiger partial charge < -0.3 is 4.74 Å². The van der Waals surface area contributed by atoms with E-state index < -0.39 is 0 Å². The summed E-state index contributed by atoms with van der Waals surface area (Å²) in [5.74, 6) is 0.833. The van der Waals surface area contributed by atoms with E-state index in [9.17, 15) is 0 Å². The maximum absolute atomic E-state index is 5.21. The summed E-state index contributed by atoms with van der Waals surface area (Å²) in [4.78, 5) is 2.43. The van der Waals surface area contributed by atoms with Crippen LogP contribution < -0.4 is 0 Å². The molecular formula is C14H35NO. The summed E-state index contributed by atoms with van der Waals surface area (Å²) in [7, 11) is 0. The van der Waals surface area contributed by atoms with E-state index >= 15 is 0 Å². The topological polar surface area (TPSA) is 12.5 Å². The Hall–Kier alpha value is -0.0800. The molecule has 1 heterocycles. The largest absolute Gasteiger partial charge is 0.379 e. The number of morpholine rings is 1. The zero-order valence-electron chi connectivity index (χ0n) is 11.8. The molecule has 0 unspecified atom stereocenters. The highest BCUT2D eigenvalue weighted by molar-refractivity contribution is 4.64. The minimum Gasteiger partial charge on any atom is -0.379 e. The van der Waals surface area contributed by atoms with Crippen molar-refractivity contribution >= 4 is 0 Å². The minimum atomic E-state index is 0. The van der Waals surface area contributed by atoms with E-state index in [-0.39, 0.29) is 7.43 Å². The average molecular weight is 233 g/mol. The Morgan fingerprint density at radius 3 is 1.38 bits per heavy atom. The molecule has 0 atom stereocenters. The molecule has 0 aromatic rings. The minimum absolute atomic E-state index is 0. The van der Waals surface area contributed by atoms with Gasteiger partial charge in [0.05, 0.1) is 13.2 Å². The van der Waals surface area contributed by atoms with Gasteiger partial charge in [-0.1, -0.05) is 42.0 Å². The lowest BCUT2D eigenvalue weighted by atomic mass is 10.3. The van der Waals surface area contributed by atoms with Gasteiger partial charge in [0.15, 0.2) is 0 Å². The molecule has 0 aromatic carbocycles. The van der Waals surface area contributed by atoms with Crippen LogP contribution in [0, 0.1) is 5.92 Å². The predicted octanol–water partition coefficient (Wildman–Crippen LogP) is 4.05. The fourth-order valence-electron chi connectivity index (χ4n) is 1.09. The Morgan fingerprint density at radius 2 is 1.19 bits per heavy atom. The van der Waals surface area contributed by atoms with Gasteiger partial charge in [0.2, 0.25) is 0 Å². The molecule has 1 aliphatic heterocycles. The van der Waals surface area contributed by atoms with Gasteiger partial charge in [-0.2, -0.15) is 0 Å². The van der Waals surface area contributed by atoms with Gasteiger partial charge in [0.1, 0.15) is 0 Å². The number of hydrogen-bond donors (Lipinski definition) is 0. The summed E-state index contributed by atoms with van der Waals surface area (Å²) in [6, 6.07) is 0.689. The first-order valence-corrected chi connectivity index (χ1v) is 6.35. The summed E-state index contributed by atoms with van der Waals surface area (Å²) in [6.07, 6.45) is 0. The second-order valence-electron chi connectivity index (χ2n) is 4.47. The second kappa shape index (κ2) is 14.9. The van der Waals surface area contributed by atoms with Gasteiger partial charge in [-0.05, 0) is 19.8 Å². The molecule has 2 nitrogen and oxygen atoms in total. The molecule has 16 heavy (non-hydrogen) atoms. The third-order valence-electron chi connectivity index (χ3n) is 1.78. The lowest BCUT2D eigenvalue weighted by Gasteiger charge is -2.29. The fraction of sp³-hybridized carbons (Fsp3) is 1.00. The molecule has 0 bridgehead atoms. The highest BCUT2D eigenvalue weighted by Gasteiger charge is 2.11. The Bertz CT molecular complexity index is 105. The van der Waals surface area contributed by atoms with Crippen molar-refractivity contribution in [3.8, 4) is 0 Å². The molecule has 2 heteroatoms. The molecule has 0 radical (unpaired) electrons.